The Morgan fingerprint density at radius 2 is 1.93 bits per heavy atom. The second kappa shape index (κ2) is 8.82. The van der Waals surface area contributed by atoms with Crippen LogP contribution >= 0.6 is 11.8 Å². The molecule has 2 aliphatic rings. The predicted octanol–water partition coefficient (Wildman–Crippen LogP) is 4.71. The fourth-order valence-corrected chi connectivity index (χ4v) is 4.49. The molecule has 2 fully saturated rings. The van der Waals surface area contributed by atoms with Gasteiger partial charge in [-0.05, 0) is 67.0 Å². The normalized spacial score (nSPS) is 18.4. The van der Waals surface area contributed by atoms with Crippen LogP contribution in [0.1, 0.15) is 47.8 Å². The van der Waals surface area contributed by atoms with Crippen molar-refractivity contribution in [1.29, 1.82) is 0 Å². The molecule has 0 spiro atoms. The summed E-state index contributed by atoms with van der Waals surface area (Å²) in [6.07, 6.45) is 6.85. The number of amides is 1. The van der Waals surface area contributed by atoms with E-state index >= 15 is 0 Å². The monoisotopic (exact) mass is 408 g/mol. The van der Waals surface area contributed by atoms with Gasteiger partial charge in [-0.25, -0.2) is 0 Å². The summed E-state index contributed by atoms with van der Waals surface area (Å²) in [5.41, 5.74) is 5.19. The molecule has 1 atom stereocenters. The molecule has 1 aromatic heterocycles. The number of nitrogens with zero attached hydrogens (tertiary/aromatic N) is 1. The lowest BCUT2D eigenvalue weighted by Gasteiger charge is -2.22. The fraction of sp³-hybridized carbons (Fsp3) is 0.348. The van der Waals surface area contributed by atoms with Gasteiger partial charge in [0, 0.05) is 11.9 Å². The summed E-state index contributed by atoms with van der Waals surface area (Å²) in [6.45, 7) is 2.01. The van der Waals surface area contributed by atoms with E-state index in [1.165, 1.54) is 23.8 Å². The molecule has 2 aromatic rings. The van der Waals surface area contributed by atoms with E-state index in [4.69, 9.17) is 4.74 Å². The molecule has 1 aromatic carbocycles. The molecule has 1 amide bonds. The molecule has 29 heavy (non-hydrogen) atoms. The third kappa shape index (κ3) is 4.70. The lowest BCUT2D eigenvalue weighted by atomic mass is 9.88. The first-order valence-corrected chi connectivity index (χ1v) is 10.9. The Balaban J connectivity index is 1.33. The Hall–Kier alpha value is -2.60. The minimum Gasteiger partial charge on any atom is -0.485 e. The summed E-state index contributed by atoms with van der Waals surface area (Å²) < 4.78 is 5.64. The third-order valence-corrected chi connectivity index (χ3v) is 6.38. The van der Waals surface area contributed by atoms with Gasteiger partial charge in [0.25, 0.3) is 5.24 Å². The van der Waals surface area contributed by atoms with Gasteiger partial charge >= 0.3 is 0 Å². The largest absolute Gasteiger partial charge is 0.485 e. The van der Waals surface area contributed by atoms with Crippen LogP contribution in [-0.4, -0.2) is 27.9 Å². The van der Waals surface area contributed by atoms with Crippen molar-refractivity contribution in [3.63, 3.8) is 0 Å². The lowest BCUT2D eigenvalue weighted by Crippen LogP contribution is -2.20. The molecule has 1 unspecified atom stereocenters. The van der Waals surface area contributed by atoms with Crippen LogP contribution in [0.4, 0.5) is 4.79 Å². The van der Waals surface area contributed by atoms with Crippen LogP contribution in [-0.2, 0) is 12.8 Å². The van der Waals surface area contributed by atoms with Gasteiger partial charge in [0.05, 0.1) is 5.25 Å². The maximum atomic E-state index is 12.2. The molecule has 6 heteroatoms. The number of allylic oxidation sites excluding steroid dienone is 1. The lowest BCUT2D eigenvalue weighted by molar-refractivity contribution is 0.0916. The number of pyridine rings is 1. The number of benzene rings is 1. The second-order valence-electron chi connectivity index (χ2n) is 7.35. The van der Waals surface area contributed by atoms with Crippen molar-refractivity contribution < 1.29 is 14.3 Å². The quantitative estimate of drug-likeness (QED) is 0.672. The number of ketones is 1. The Bertz CT molecular complexity index is 930. The maximum Gasteiger partial charge on any atom is 0.283 e. The zero-order valence-corrected chi connectivity index (χ0v) is 17.3. The summed E-state index contributed by atoms with van der Waals surface area (Å²) in [5.74, 6) is 0.513. The summed E-state index contributed by atoms with van der Waals surface area (Å²) >= 11 is 1.37. The van der Waals surface area contributed by atoms with Crippen molar-refractivity contribution in [1.82, 2.24) is 10.3 Å². The Morgan fingerprint density at radius 3 is 2.55 bits per heavy atom. The van der Waals surface area contributed by atoms with E-state index in [1.807, 2.05) is 30.3 Å². The Labute approximate surface area is 174 Å². The third-order valence-electron chi connectivity index (χ3n) is 5.38. The number of hydrogen-bond donors (Lipinski definition) is 1. The van der Waals surface area contributed by atoms with Crippen LogP contribution in [0, 0.1) is 0 Å². The van der Waals surface area contributed by atoms with Gasteiger partial charge in [0.15, 0.2) is 6.61 Å². The predicted molar refractivity (Wildman–Crippen MR) is 114 cm³/mol. The average Bonchev–Trinajstić information content (AvgIpc) is 3.05. The maximum absolute atomic E-state index is 12.2. The van der Waals surface area contributed by atoms with Crippen LogP contribution in [0.3, 0.4) is 0 Å². The topological polar surface area (TPSA) is 68.3 Å². The van der Waals surface area contributed by atoms with Gasteiger partial charge in [-0.1, -0.05) is 36.9 Å². The zero-order valence-electron chi connectivity index (χ0n) is 16.4. The highest BCUT2D eigenvalue weighted by atomic mass is 32.2. The zero-order chi connectivity index (χ0) is 20.2. The van der Waals surface area contributed by atoms with Crippen LogP contribution in [0.2, 0.25) is 0 Å². The number of nitrogens with one attached hydrogen (secondary N) is 1. The summed E-state index contributed by atoms with van der Waals surface area (Å²) in [5, 5.41) is 3.24. The molecular formula is C23H24N2O3S. The molecule has 1 aliphatic carbocycles. The minimum atomic E-state index is -0.138. The molecule has 0 radical (unpaired) electrons. The van der Waals surface area contributed by atoms with Crippen molar-refractivity contribution in [3.05, 3.63) is 70.7 Å². The first-order chi connectivity index (χ1) is 14.1. The molecule has 5 nitrogen and oxygen atoms in total. The van der Waals surface area contributed by atoms with E-state index in [-0.39, 0.29) is 22.9 Å². The van der Waals surface area contributed by atoms with E-state index in [1.54, 1.807) is 12.3 Å². The molecule has 4 rings (SSSR count). The van der Waals surface area contributed by atoms with Crippen molar-refractivity contribution in [2.45, 2.75) is 44.3 Å². The van der Waals surface area contributed by atoms with Gasteiger partial charge in [-0.2, -0.15) is 0 Å². The molecule has 2 heterocycles. The smallest absolute Gasteiger partial charge is 0.283 e. The molecular weight excluding hydrogens is 384 g/mol. The van der Waals surface area contributed by atoms with Crippen LogP contribution < -0.4 is 10.1 Å². The van der Waals surface area contributed by atoms with Crippen molar-refractivity contribution >= 4 is 22.8 Å². The summed E-state index contributed by atoms with van der Waals surface area (Å²) in [6, 6.07) is 11.4. The Kier molecular flexibility index (Phi) is 6.00. The fourth-order valence-electron chi connectivity index (χ4n) is 3.45. The number of carbonyl (C=O) groups excluding carboxylic acids is 2. The highest BCUT2D eigenvalue weighted by Crippen LogP contribution is 2.37. The molecule has 1 saturated heterocycles. The van der Waals surface area contributed by atoms with E-state index in [2.05, 4.69) is 17.2 Å². The van der Waals surface area contributed by atoms with E-state index in [0.29, 0.717) is 11.4 Å². The van der Waals surface area contributed by atoms with E-state index in [9.17, 15) is 9.59 Å². The van der Waals surface area contributed by atoms with E-state index < -0.39 is 0 Å². The number of thioether (sulfide) groups is 1. The summed E-state index contributed by atoms with van der Waals surface area (Å²) in [7, 11) is 0. The first kappa shape index (κ1) is 19.7. The number of aromatic nitrogens is 1. The van der Waals surface area contributed by atoms with Crippen molar-refractivity contribution in [2.24, 2.45) is 0 Å². The van der Waals surface area contributed by atoms with Crippen LogP contribution in [0.15, 0.2) is 53.9 Å². The van der Waals surface area contributed by atoms with Crippen LogP contribution in [0.5, 0.6) is 5.75 Å². The van der Waals surface area contributed by atoms with Gasteiger partial charge in [-0.3, -0.25) is 14.6 Å². The van der Waals surface area contributed by atoms with Gasteiger partial charge in [-0.15, -0.1) is 0 Å². The average molecular weight is 409 g/mol. The van der Waals surface area contributed by atoms with E-state index in [0.717, 1.165) is 42.5 Å². The number of Topliss-reactive ketones (excluding diaryl/α,β-unsaturated/α-hetero) is 1. The van der Waals surface area contributed by atoms with Gasteiger partial charge in [0.2, 0.25) is 5.78 Å². The molecule has 1 aliphatic heterocycles. The molecule has 1 saturated carbocycles. The highest BCUT2D eigenvalue weighted by molar-refractivity contribution is 8.14. The molecule has 0 bridgehead atoms. The van der Waals surface area contributed by atoms with Crippen LogP contribution in [0.25, 0.3) is 0 Å². The number of aryl methyl sites for hydroxylation is 1. The SMILES string of the molecule is CCc1ccc(C(=O)COc2ccc(CC3SC(=O)NC3=C3CCC3)cc2)nc1. The summed E-state index contributed by atoms with van der Waals surface area (Å²) in [4.78, 5) is 28.3. The minimum absolute atomic E-state index is 0.0367. The number of carbonyl (C=O) groups is 2. The second-order valence-corrected chi connectivity index (χ2v) is 8.53. The first-order valence-electron chi connectivity index (χ1n) is 10.0. The van der Waals surface area contributed by atoms with Crippen molar-refractivity contribution in [2.75, 3.05) is 6.61 Å². The molecule has 150 valence electrons. The van der Waals surface area contributed by atoms with Crippen molar-refractivity contribution in [3.8, 4) is 5.75 Å². The molecule has 1 N–H and O–H groups in total. The number of hydrogen-bond acceptors (Lipinski definition) is 5. The highest BCUT2D eigenvalue weighted by Gasteiger charge is 2.32. The van der Waals surface area contributed by atoms with Gasteiger partial charge in [0.1, 0.15) is 11.4 Å². The van der Waals surface area contributed by atoms with Gasteiger partial charge < -0.3 is 10.1 Å². The number of ether oxygens (including phenoxy) is 1. The number of rotatable bonds is 7. The standard InChI is InChI=1S/C23H24N2O3S/c1-2-15-8-11-19(24-13-15)20(26)14-28-18-9-6-16(7-10-18)12-21-22(17-4-3-5-17)25-23(27)29-21/h6-11,13,21H,2-5,12,14H2,1H3,(H,25,27). The Morgan fingerprint density at radius 1 is 1.17 bits per heavy atom.